The molecule has 2 aromatic rings. The Labute approximate surface area is 164 Å². The number of carbonyl (C=O) groups excluding carboxylic acids is 1. The maximum Gasteiger partial charge on any atom is 0.220 e. The highest BCUT2D eigenvalue weighted by molar-refractivity contribution is 7.99. The minimum absolute atomic E-state index is 0.123. The molecule has 0 aliphatic carbocycles. The lowest BCUT2D eigenvalue weighted by atomic mass is 9.96. The largest absolute Gasteiger partial charge is 0.356 e. The highest BCUT2D eigenvalue weighted by atomic mass is 32.2. The van der Waals surface area contributed by atoms with Crippen molar-refractivity contribution in [1.82, 2.24) is 10.3 Å². The molecule has 1 aliphatic heterocycles. The average Bonchev–Trinajstić information content (AvgIpc) is 2.73. The number of amides is 1. The second kappa shape index (κ2) is 9.98. The molecule has 140 valence electrons. The van der Waals surface area contributed by atoms with Crippen molar-refractivity contribution < 1.29 is 4.79 Å². The van der Waals surface area contributed by atoms with Gasteiger partial charge in [0.25, 0.3) is 0 Å². The van der Waals surface area contributed by atoms with Gasteiger partial charge in [-0.25, -0.2) is 4.98 Å². The maximum absolute atomic E-state index is 12.1. The van der Waals surface area contributed by atoms with Crippen LogP contribution in [0.4, 0.5) is 5.82 Å². The average molecular weight is 381 g/mol. The van der Waals surface area contributed by atoms with Gasteiger partial charge in [0.05, 0.1) is 5.56 Å². The van der Waals surface area contributed by atoms with Gasteiger partial charge in [-0.15, -0.1) is 11.8 Å². The maximum atomic E-state index is 12.1. The molecule has 0 saturated carbocycles. The molecule has 5 nitrogen and oxygen atoms in total. The van der Waals surface area contributed by atoms with Crippen LogP contribution in [0.5, 0.6) is 0 Å². The number of nitrogens with zero attached hydrogens (tertiary/aromatic N) is 3. The first-order valence-corrected chi connectivity index (χ1v) is 10.3. The van der Waals surface area contributed by atoms with Gasteiger partial charge < -0.3 is 10.2 Å². The number of benzene rings is 1. The van der Waals surface area contributed by atoms with E-state index >= 15 is 0 Å². The Balaban J connectivity index is 1.36. The number of hydrogen-bond acceptors (Lipinski definition) is 5. The fourth-order valence-electron chi connectivity index (χ4n) is 3.21. The third-order valence-electron chi connectivity index (χ3n) is 4.75. The zero-order valence-electron chi connectivity index (χ0n) is 15.3. The fraction of sp³-hybridized carbons (Fsp3) is 0.381. The molecule has 0 radical (unpaired) electrons. The van der Waals surface area contributed by atoms with Crippen molar-refractivity contribution in [1.29, 1.82) is 5.26 Å². The van der Waals surface area contributed by atoms with E-state index in [0.29, 0.717) is 17.9 Å². The van der Waals surface area contributed by atoms with Gasteiger partial charge in [0.1, 0.15) is 11.9 Å². The van der Waals surface area contributed by atoms with E-state index in [4.69, 9.17) is 0 Å². The van der Waals surface area contributed by atoms with E-state index in [1.165, 1.54) is 4.90 Å². The number of hydrogen-bond donors (Lipinski definition) is 1. The SMILES string of the molecule is N#Cc1cccnc1N1CCC(CNC(=O)CCSc2ccccc2)CC1. The van der Waals surface area contributed by atoms with Gasteiger partial charge in [-0.2, -0.15) is 5.26 Å². The molecule has 1 saturated heterocycles. The summed E-state index contributed by atoms with van der Waals surface area (Å²) in [5, 5.41) is 12.3. The van der Waals surface area contributed by atoms with Crippen molar-refractivity contribution in [3.05, 3.63) is 54.2 Å². The molecular weight excluding hydrogens is 356 g/mol. The molecular formula is C21H24N4OS. The number of aromatic nitrogens is 1. The van der Waals surface area contributed by atoms with E-state index in [2.05, 4.69) is 33.4 Å². The highest BCUT2D eigenvalue weighted by Crippen LogP contribution is 2.24. The van der Waals surface area contributed by atoms with Gasteiger partial charge >= 0.3 is 0 Å². The molecule has 1 aromatic carbocycles. The van der Waals surface area contributed by atoms with Crippen LogP contribution in [0.25, 0.3) is 0 Å². The van der Waals surface area contributed by atoms with Gasteiger partial charge in [-0.3, -0.25) is 4.79 Å². The van der Waals surface area contributed by atoms with E-state index in [0.717, 1.165) is 44.0 Å². The topological polar surface area (TPSA) is 69.0 Å². The van der Waals surface area contributed by atoms with Crippen LogP contribution < -0.4 is 10.2 Å². The van der Waals surface area contributed by atoms with Gasteiger partial charge in [0, 0.05) is 42.9 Å². The van der Waals surface area contributed by atoms with Crippen LogP contribution in [-0.4, -0.2) is 36.3 Å². The Kier molecular flexibility index (Phi) is 7.11. The number of carbonyl (C=O) groups is 1. The summed E-state index contributed by atoms with van der Waals surface area (Å²) in [4.78, 5) is 19.8. The summed E-state index contributed by atoms with van der Waals surface area (Å²) in [6.07, 6.45) is 4.27. The molecule has 6 heteroatoms. The third-order valence-corrected chi connectivity index (χ3v) is 5.76. The summed E-state index contributed by atoms with van der Waals surface area (Å²) < 4.78 is 0. The first-order valence-electron chi connectivity index (χ1n) is 9.31. The number of rotatable bonds is 7. The second-order valence-electron chi connectivity index (χ2n) is 6.63. The summed E-state index contributed by atoms with van der Waals surface area (Å²) >= 11 is 1.71. The number of nitrogens with one attached hydrogen (secondary N) is 1. The molecule has 0 atom stereocenters. The second-order valence-corrected chi connectivity index (χ2v) is 7.80. The summed E-state index contributed by atoms with van der Waals surface area (Å²) in [5.74, 6) is 2.18. The van der Waals surface area contributed by atoms with Gasteiger partial charge in [0.2, 0.25) is 5.91 Å². The molecule has 1 aromatic heterocycles. The van der Waals surface area contributed by atoms with Crippen molar-refractivity contribution >= 4 is 23.5 Å². The predicted octanol–water partition coefficient (Wildman–Crippen LogP) is 3.47. The molecule has 1 amide bonds. The van der Waals surface area contributed by atoms with E-state index in [1.807, 2.05) is 24.3 Å². The Morgan fingerprint density at radius 3 is 2.74 bits per heavy atom. The van der Waals surface area contributed by atoms with Crippen molar-refractivity contribution in [2.45, 2.75) is 24.2 Å². The molecule has 27 heavy (non-hydrogen) atoms. The van der Waals surface area contributed by atoms with Crippen LogP contribution in [0.3, 0.4) is 0 Å². The summed E-state index contributed by atoms with van der Waals surface area (Å²) in [6, 6.07) is 16.0. The Bertz CT molecular complexity index is 782. The quantitative estimate of drug-likeness (QED) is 0.745. The molecule has 2 heterocycles. The minimum atomic E-state index is 0.123. The van der Waals surface area contributed by atoms with Crippen LogP contribution in [0.15, 0.2) is 53.6 Å². The van der Waals surface area contributed by atoms with Crippen molar-refractivity contribution in [3.8, 4) is 6.07 Å². The van der Waals surface area contributed by atoms with Crippen LogP contribution in [0.1, 0.15) is 24.8 Å². The third kappa shape index (κ3) is 5.73. The molecule has 1 aliphatic rings. The van der Waals surface area contributed by atoms with Gasteiger partial charge in [-0.05, 0) is 43.0 Å². The number of thioether (sulfide) groups is 1. The molecule has 0 bridgehead atoms. The molecule has 1 N–H and O–H groups in total. The standard InChI is InChI=1S/C21H24N4OS/c22-15-18-5-4-11-23-21(18)25-12-8-17(9-13-25)16-24-20(26)10-14-27-19-6-2-1-3-7-19/h1-7,11,17H,8-10,12-14,16H2,(H,24,26). The molecule has 3 rings (SSSR count). The number of pyridine rings is 1. The summed E-state index contributed by atoms with van der Waals surface area (Å²) in [6.45, 7) is 2.47. The summed E-state index contributed by atoms with van der Waals surface area (Å²) in [5.41, 5.74) is 0.625. The number of anilines is 1. The zero-order chi connectivity index (χ0) is 18.9. The predicted molar refractivity (Wildman–Crippen MR) is 109 cm³/mol. The number of nitriles is 1. The van der Waals surface area contributed by atoms with Crippen LogP contribution in [0.2, 0.25) is 0 Å². The van der Waals surface area contributed by atoms with Gasteiger partial charge in [0.15, 0.2) is 0 Å². The van der Waals surface area contributed by atoms with Crippen molar-refractivity contribution in [3.63, 3.8) is 0 Å². The van der Waals surface area contributed by atoms with E-state index in [-0.39, 0.29) is 5.91 Å². The monoisotopic (exact) mass is 380 g/mol. The van der Waals surface area contributed by atoms with Gasteiger partial charge in [-0.1, -0.05) is 18.2 Å². The zero-order valence-corrected chi connectivity index (χ0v) is 16.1. The molecule has 1 fully saturated rings. The minimum Gasteiger partial charge on any atom is -0.356 e. The van der Waals surface area contributed by atoms with Crippen LogP contribution >= 0.6 is 11.8 Å². The highest BCUT2D eigenvalue weighted by Gasteiger charge is 2.22. The van der Waals surface area contributed by atoms with Crippen molar-refractivity contribution in [2.75, 3.05) is 30.3 Å². The lowest BCUT2D eigenvalue weighted by molar-refractivity contribution is -0.120. The van der Waals surface area contributed by atoms with E-state index in [9.17, 15) is 10.1 Å². The normalized spacial score (nSPS) is 14.6. The smallest absolute Gasteiger partial charge is 0.220 e. The lowest BCUT2D eigenvalue weighted by Gasteiger charge is -2.33. The number of piperidine rings is 1. The molecule has 0 unspecified atom stereocenters. The first kappa shape index (κ1) is 19.2. The van der Waals surface area contributed by atoms with Crippen LogP contribution in [0, 0.1) is 17.2 Å². The Hall–Kier alpha value is -2.52. The van der Waals surface area contributed by atoms with Crippen molar-refractivity contribution in [2.24, 2.45) is 5.92 Å². The van der Waals surface area contributed by atoms with Crippen LogP contribution in [-0.2, 0) is 4.79 Å². The fourth-order valence-corrected chi connectivity index (χ4v) is 4.08. The van der Waals surface area contributed by atoms with E-state index in [1.54, 1.807) is 24.0 Å². The molecule has 0 spiro atoms. The van der Waals surface area contributed by atoms with E-state index < -0.39 is 0 Å². The Morgan fingerprint density at radius 2 is 2.00 bits per heavy atom. The Morgan fingerprint density at radius 1 is 1.22 bits per heavy atom. The summed E-state index contributed by atoms with van der Waals surface area (Å²) in [7, 11) is 0. The first-order chi connectivity index (χ1) is 13.3. The lowest BCUT2D eigenvalue weighted by Crippen LogP contribution is -2.39.